The molecule has 2 N–H and O–H groups in total. The van der Waals surface area contributed by atoms with Crippen LogP contribution in [0.1, 0.15) is 5.56 Å². The molecule has 0 fully saturated rings. The lowest BCUT2D eigenvalue weighted by Crippen LogP contribution is -1.87. The van der Waals surface area contributed by atoms with Crippen LogP contribution in [0.25, 0.3) is 21.5 Å². The van der Waals surface area contributed by atoms with Crippen molar-refractivity contribution in [3.05, 3.63) is 54.1 Å². The zero-order valence-corrected chi connectivity index (χ0v) is 9.14. The topological polar surface area (TPSA) is 49.8 Å². The van der Waals surface area contributed by atoms with E-state index < -0.39 is 0 Å². The second-order valence-electron chi connectivity index (χ2n) is 4.06. The van der Waals surface area contributed by atoms with Gasteiger partial charge in [0.2, 0.25) is 0 Å². The van der Waals surface area contributed by atoms with Crippen LogP contribution in [-0.2, 0) is 0 Å². The summed E-state index contributed by atoms with van der Waals surface area (Å²) in [7, 11) is 0. The van der Waals surface area contributed by atoms with Crippen molar-refractivity contribution in [2.24, 2.45) is 0 Å². The van der Waals surface area contributed by atoms with Gasteiger partial charge in [0.25, 0.3) is 0 Å². The molecule has 0 aromatic heterocycles. The maximum atomic E-state index is 9.09. The van der Waals surface area contributed by atoms with E-state index in [9.17, 15) is 0 Å². The lowest BCUT2D eigenvalue weighted by atomic mass is 9.99. The van der Waals surface area contributed by atoms with E-state index in [0.717, 1.165) is 27.2 Å². The minimum Gasteiger partial charge on any atom is -0.398 e. The summed E-state index contributed by atoms with van der Waals surface area (Å²) in [5.41, 5.74) is 7.42. The third-order valence-corrected chi connectivity index (χ3v) is 3.03. The number of benzene rings is 3. The number of nitrogens with two attached hydrogens (primary N) is 1. The van der Waals surface area contributed by atoms with Gasteiger partial charge in [-0.15, -0.1) is 0 Å². The Morgan fingerprint density at radius 3 is 2.29 bits per heavy atom. The van der Waals surface area contributed by atoms with Crippen LogP contribution in [0.15, 0.2) is 48.5 Å². The Labute approximate surface area is 98.9 Å². The first-order chi connectivity index (χ1) is 8.29. The normalized spacial score (nSPS) is 10.5. The largest absolute Gasteiger partial charge is 0.398 e. The number of fused-ring (bicyclic) bond motifs is 2. The Bertz CT molecular complexity index is 767. The number of nitriles is 1. The number of rotatable bonds is 0. The molecule has 3 rings (SSSR count). The van der Waals surface area contributed by atoms with Crippen LogP contribution in [-0.4, -0.2) is 0 Å². The van der Waals surface area contributed by atoms with Crippen molar-refractivity contribution in [2.75, 3.05) is 5.73 Å². The molecule has 0 saturated heterocycles. The molecule has 80 valence electrons. The van der Waals surface area contributed by atoms with Crippen LogP contribution in [0.2, 0.25) is 0 Å². The molecule has 3 aromatic carbocycles. The first kappa shape index (κ1) is 9.68. The van der Waals surface area contributed by atoms with E-state index in [1.54, 1.807) is 0 Å². The maximum Gasteiger partial charge on any atom is 0.0998 e. The highest BCUT2D eigenvalue weighted by Gasteiger charge is 2.03. The van der Waals surface area contributed by atoms with Crippen molar-refractivity contribution in [1.82, 2.24) is 0 Å². The number of nitrogens with zero attached hydrogens (tertiary/aromatic N) is 1. The zero-order valence-electron chi connectivity index (χ0n) is 9.14. The van der Waals surface area contributed by atoms with E-state index in [0.29, 0.717) is 5.56 Å². The van der Waals surface area contributed by atoms with Crippen LogP contribution in [0.4, 0.5) is 5.69 Å². The van der Waals surface area contributed by atoms with Gasteiger partial charge in [-0.25, -0.2) is 0 Å². The summed E-state index contributed by atoms with van der Waals surface area (Å²) in [4.78, 5) is 0. The van der Waals surface area contributed by atoms with Gasteiger partial charge in [-0.3, -0.25) is 0 Å². The molecule has 0 aliphatic rings. The molecule has 0 spiro atoms. The molecule has 0 radical (unpaired) electrons. The highest BCUT2D eigenvalue weighted by atomic mass is 14.5. The van der Waals surface area contributed by atoms with Gasteiger partial charge in [-0.1, -0.05) is 24.3 Å². The van der Waals surface area contributed by atoms with E-state index in [4.69, 9.17) is 11.0 Å². The molecule has 17 heavy (non-hydrogen) atoms. The quantitative estimate of drug-likeness (QED) is 0.464. The average Bonchev–Trinajstić information content (AvgIpc) is 2.36. The number of hydrogen-bond donors (Lipinski definition) is 1. The standard InChI is InChI=1S/C15H10N2/c16-9-12-5-1-3-10-8-14-11(7-13(10)12)4-2-6-15(14)17/h1-8H,17H2. The molecule has 2 nitrogen and oxygen atoms in total. The maximum absolute atomic E-state index is 9.09. The van der Waals surface area contributed by atoms with Crippen molar-refractivity contribution in [1.29, 1.82) is 5.26 Å². The summed E-state index contributed by atoms with van der Waals surface area (Å²) in [5.74, 6) is 0. The first-order valence-corrected chi connectivity index (χ1v) is 5.41. The van der Waals surface area contributed by atoms with Crippen molar-refractivity contribution < 1.29 is 0 Å². The van der Waals surface area contributed by atoms with Gasteiger partial charge < -0.3 is 5.73 Å². The van der Waals surface area contributed by atoms with Gasteiger partial charge in [0, 0.05) is 16.5 Å². The molecule has 2 heteroatoms. The lowest BCUT2D eigenvalue weighted by Gasteiger charge is -2.05. The van der Waals surface area contributed by atoms with Crippen molar-refractivity contribution in [3.8, 4) is 6.07 Å². The molecule has 0 aliphatic carbocycles. The van der Waals surface area contributed by atoms with E-state index in [2.05, 4.69) is 6.07 Å². The Balaban J connectivity index is 2.53. The van der Waals surface area contributed by atoms with Gasteiger partial charge in [-0.05, 0) is 35.0 Å². The van der Waals surface area contributed by atoms with Crippen molar-refractivity contribution in [3.63, 3.8) is 0 Å². The Morgan fingerprint density at radius 2 is 1.53 bits per heavy atom. The van der Waals surface area contributed by atoms with Gasteiger partial charge in [0.1, 0.15) is 0 Å². The summed E-state index contributed by atoms with van der Waals surface area (Å²) in [6.45, 7) is 0. The van der Waals surface area contributed by atoms with E-state index in [1.807, 2.05) is 48.5 Å². The third-order valence-electron chi connectivity index (χ3n) is 3.03. The molecular weight excluding hydrogens is 208 g/mol. The van der Waals surface area contributed by atoms with Gasteiger partial charge in [-0.2, -0.15) is 5.26 Å². The lowest BCUT2D eigenvalue weighted by molar-refractivity contribution is 1.50. The molecule has 0 heterocycles. The number of anilines is 1. The van der Waals surface area contributed by atoms with Gasteiger partial charge in [0.15, 0.2) is 0 Å². The zero-order chi connectivity index (χ0) is 11.8. The molecule has 0 saturated carbocycles. The summed E-state index contributed by atoms with van der Waals surface area (Å²) >= 11 is 0. The Hall–Kier alpha value is -2.53. The summed E-state index contributed by atoms with van der Waals surface area (Å²) < 4.78 is 0. The first-order valence-electron chi connectivity index (χ1n) is 5.41. The van der Waals surface area contributed by atoms with E-state index >= 15 is 0 Å². The van der Waals surface area contributed by atoms with Crippen molar-refractivity contribution >= 4 is 27.2 Å². The highest BCUT2D eigenvalue weighted by molar-refractivity contribution is 6.04. The van der Waals surface area contributed by atoms with Crippen molar-refractivity contribution in [2.45, 2.75) is 0 Å². The van der Waals surface area contributed by atoms with Crippen LogP contribution < -0.4 is 5.73 Å². The summed E-state index contributed by atoms with van der Waals surface area (Å²) in [5, 5.41) is 13.2. The fourth-order valence-corrected chi connectivity index (χ4v) is 2.17. The molecular formula is C15H10N2. The Kier molecular flexibility index (Phi) is 1.99. The van der Waals surface area contributed by atoms with Crippen LogP contribution in [0.5, 0.6) is 0 Å². The SMILES string of the molecule is N#Cc1cccc2cc3c(N)cccc3cc12. The van der Waals surface area contributed by atoms with Crippen LogP contribution in [0, 0.1) is 11.3 Å². The van der Waals surface area contributed by atoms with E-state index in [1.165, 1.54) is 0 Å². The number of nitrogen functional groups attached to an aromatic ring is 1. The predicted molar refractivity (Wildman–Crippen MR) is 70.6 cm³/mol. The fraction of sp³-hybridized carbons (Fsp3) is 0. The second-order valence-corrected chi connectivity index (χ2v) is 4.06. The van der Waals surface area contributed by atoms with E-state index in [-0.39, 0.29) is 0 Å². The highest BCUT2D eigenvalue weighted by Crippen LogP contribution is 2.28. The molecule has 0 amide bonds. The summed E-state index contributed by atoms with van der Waals surface area (Å²) in [6.07, 6.45) is 0. The number of hydrogen-bond acceptors (Lipinski definition) is 2. The fourth-order valence-electron chi connectivity index (χ4n) is 2.17. The van der Waals surface area contributed by atoms with Gasteiger partial charge >= 0.3 is 0 Å². The molecule has 3 aromatic rings. The molecule has 0 atom stereocenters. The third kappa shape index (κ3) is 1.41. The summed E-state index contributed by atoms with van der Waals surface area (Å²) in [6, 6.07) is 17.9. The Morgan fingerprint density at radius 1 is 0.882 bits per heavy atom. The predicted octanol–water partition coefficient (Wildman–Crippen LogP) is 3.45. The van der Waals surface area contributed by atoms with Crippen LogP contribution >= 0.6 is 0 Å². The second kappa shape index (κ2) is 3.50. The van der Waals surface area contributed by atoms with Crippen LogP contribution in [0.3, 0.4) is 0 Å². The monoisotopic (exact) mass is 218 g/mol. The smallest absolute Gasteiger partial charge is 0.0998 e. The molecule has 0 unspecified atom stereocenters. The minimum absolute atomic E-state index is 0.701. The molecule has 0 aliphatic heterocycles. The minimum atomic E-state index is 0.701. The average molecular weight is 218 g/mol. The molecule has 0 bridgehead atoms. The van der Waals surface area contributed by atoms with Gasteiger partial charge in [0.05, 0.1) is 11.6 Å².